The molecule has 1 N–H and O–H groups in total. The molecule has 0 unspecified atom stereocenters. The number of hydrogen-bond acceptors (Lipinski definition) is 4. The number of carbonyl (C=O) groups is 3. The van der Waals surface area contributed by atoms with Crippen molar-refractivity contribution in [2.45, 2.75) is 78.4 Å². The number of piperazine rings is 1. The van der Waals surface area contributed by atoms with Gasteiger partial charge in [0, 0.05) is 6.42 Å². The number of hydrogen-bond donors (Lipinski definition) is 1. The van der Waals surface area contributed by atoms with E-state index in [-0.39, 0.29) is 41.3 Å². The van der Waals surface area contributed by atoms with Crippen molar-refractivity contribution in [2.24, 2.45) is 17.3 Å². The lowest BCUT2D eigenvalue weighted by Gasteiger charge is -2.45. The number of nitrogens with one attached hydrogen (secondary N) is 1. The van der Waals surface area contributed by atoms with Gasteiger partial charge in [0.1, 0.15) is 23.9 Å². The Morgan fingerprint density at radius 2 is 1.47 bits per heavy atom. The van der Waals surface area contributed by atoms with Crippen LogP contribution in [0, 0.1) is 17.3 Å². The number of benzene rings is 3. The van der Waals surface area contributed by atoms with Crippen molar-refractivity contribution in [1.29, 1.82) is 0 Å². The largest absolute Gasteiger partial charge is 0.497 e. The summed E-state index contributed by atoms with van der Waals surface area (Å²) in [4.78, 5) is 44.3. The number of fused-ring (bicyclic) bond motifs is 1. The third-order valence-electron chi connectivity index (χ3n) is 8.64. The Hall–Kier alpha value is -3.93. The van der Waals surface area contributed by atoms with Gasteiger partial charge in [0.15, 0.2) is 5.78 Å². The van der Waals surface area contributed by atoms with Crippen molar-refractivity contribution in [3.8, 4) is 16.9 Å². The molecule has 1 heterocycles. The van der Waals surface area contributed by atoms with Crippen LogP contribution in [0.3, 0.4) is 0 Å². The Morgan fingerprint density at radius 1 is 0.907 bits per heavy atom. The van der Waals surface area contributed by atoms with Gasteiger partial charge in [-0.15, -0.1) is 0 Å². The maximum Gasteiger partial charge on any atom is 0.247 e. The molecule has 5 rings (SSSR count). The minimum Gasteiger partial charge on any atom is -0.497 e. The van der Waals surface area contributed by atoms with E-state index in [4.69, 9.17) is 4.74 Å². The number of amides is 2. The Balaban J connectivity index is 1.54. The van der Waals surface area contributed by atoms with Crippen LogP contribution in [-0.4, -0.2) is 41.7 Å². The predicted molar refractivity (Wildman–Crippen MR) is 170 cm³/mol. The van der Waals surface area contributed by atoms with Crippen molar-refractivity contribution in [3.05, 3.63) is 89.5 Å². The van der Waals surface area contributed by atoms with Gasteiger partial charge in [0.05, 0.1) is 7.11 Å². The fourth-order valence-corrected chi connectivity index (χ4v) is 6.64. The second-order valence-electron chi connectivity index (χ2n) is 13.8. The Morgan fingerprint density at radius 3 is 1.98 bits per heavy atom. The van der Waals surface area contributed by atoms with Crippen LogP contribution in [0.25, 0.3) is 11.1 Å². The summed E-state index contributed by atoms with van der Waals surface area (Å²) in [5.74, 6) is 0.523. The molecule has 226 valence electrons. The van der Waals surface area contributed by atoms with Gasteiger partial charge in [-0.1, -0.05) is 95.3 Å². The third kappa shape index (κ3) is 6.69. The Labute approximate surface area is 255 Å². The molecule has 0 radical (unpaired) electrons. The first-order chi connectivity index (χ1) is 20.4. The van der Waals surface area contributed by atoms with E-state index in [1.807, 2.05) is 95.3 Å². The van der Waals surface area contributed by atoms with Crippen LogP contribution in [0.5, 0.6) is 5.75 Å². The van der Waals surface area contributed by atoms with Crippen molar-refractivity contribution in [1.82, 2.24) is 10.2 Å². The lowest BCUT2D eigenvalue weighted by Crippen LogP contribution is -2.66. The number of Topliss-reactive ketones (excluding diaryl/α,β-unsaturated/α-hetero) is 1. The highest BCUT2D eigenvalue weighted by Crippen LogP contribution is 2.38. The lowest BCUT2D eigenvalue weighted by atomic mass is 9.83. The van der Waals surface area contributed by atoms with E-state index in [0.717, 1.165) is 35.3 Å². The number of methoxy groups -OCH3 is 1. The molecule has 1 aliphatic heterocycles. The standard InChI is InChI=1S/C37H44N2O4/c1-23(2)19-31-35(41)38-33(29-20-27-9-7-8-10-28(27)21-29)36(42)39(31)34(32(40)22-37(3,4)5)26-13-11-24(12-14-26)25-15-17-30(43-6)18-16-25/h7-18,23,29,31,33-34H,19-22H2,1-6H3,(H,38,41)/t31-,33-,34-/m1/s1. The summed E-state index contributed by atoms with van der Waals surface area (Å²) in [6.07, 6.45) is 2.23. The van der Waals surface area contributed by atoms with Crippen LogP contribution < -0.4 is 10.1 Å². The number of carbonyl (C=O) groups excluding carboxylic acids is 3. The van der Waals surface area contributed by atoms with Gasteiger partial charge in [0.25, 0.3) is 0 Å². The van der Waals surface area contributed by atoms with E-state index < -0.39 is 18.1 Å². The highest BCUT2D eigenvalue weighted by molar-refractivity contribution is 6.01. The van der Waals surface area contributed by atoms with E-state index in [1.54, 1.807) is 12.0 Å². The van der Waals surface area contributed by atoms with Gasteiger partial charge >= 0.3 is 0 Å². The number of nitrogens with zero attached hydrogens (tertiary/aromatic N) is 1. The maximum atomic E-state index is 14.6. The quantitative estimate of drug-likeness (QED) is 0.311. The summed E-state index contributed by atoms with van der Waals surface area (Å²) in [7, 11) is 1.64. The zero-order valence-corrected chi connectivity index (χ0v) is 26.2. The van der Waals surface area contributed by atoms with Crippen LogP contribution in [0.1, 0.15) is 70.2 Å². The number of ether oxygens (including phenoxy) is 1. The number of rotatable bonds is 9. The highest BCUT2D eigenvalue weighted by Gasteiger charge is 2.49. The molecule has 0 spiro atoms. The second kappa shape index (κ2) is 12.4. The van der Waals surface area contributed by atoms with Crippen LogP contribution in [0.4, 0.5) is 0 Å². The molecule has 0 saturated carbocycles. The first kappa shape index (κ1) is 30.5. The first-order valence-corrected chi connectivity index (χ1v) is 15.4. The summed E-state index contributed by atoms with van der Waals surface area (Å²) >= 11 is 0. The Kier molecular flexibility index (Phi) is 8.77. The lowest BCUT2D eigenvalue weighted by molar-refractivity contribution is -0.157. The van der Waals surface area contributed by atoms with E-state index in [1.165, 1.54) is 11.1 Å². The molecule has 6 heteroatoms. The molecule has 3 aromatic carbocycles. The van der Waals surface area contributed by atoms with E-state index in [9.17, 15) is 14.4 Å². The van der Waals surface area contributed by atoms with E-state index in [2.05, 4.69) is 17.4 Å². The third-order valence-corrected chi connectivity index (χ3v) is 8.64. The molecule has 6 nitrogen and oxygen atoms in total. The fourth-order valence-electron chi connectivity index (χ4n) is 6.64. The average Bonchev–Trinajstić information content (AvgIpc) is 3.40. The van der Waals surface area contributed by atoms with E-state index >= 15 is 0 Å². The molecule has 43 heavy (non-hydrogen) atoms. The molecule has 0 bridgehead atoms. The molecular formula is C37H44N2O4. The van der Waals surface area contributed by atoms with Gasteiger partial charge < -0.3 is 15.0 Å². The predicted octanol–water partition coefficient (Wildman–Crippen LogP) is 6.57. The molecule has 3 aromatic rings. The van der Waals surface area contributed by atoms with Crippen LogP contribution in [0.15, 0.2) is 72.8 Å². The smallest absolute Gasteiger partial charge is 0.247 e. The van der Waals surface area contributed by atoms with Gasteiger partial charge in [0.2, 0.25) is 11.8 Å². The zero-order chi connectivity index (χ0) is 30.9. The summed E-state index contributed by atoms with van der Waals surface area (Å²) in [6.45, 7) is 10.2. The summed E-state index contributed by atoms with van der Waals surface area (Å²) < 4.78 is 5.30. The van der Waals surface area contributed by atoms with Crippen LogP contribution in [0.2, 0.25) is 0 Å². The van der Waals surface area contributed by atoms with Gasteiger partial charge in [-0.3, -0.25) is 14.4 Å². The molecule has 1 aliphatic carbocycles. The SMILES string of the molecule is COc1ccc(-c2ccc([C@H](C(=O)CC(C)(C)C)N3C(=O)[C@@H](C4Cc5ccccc5C4)NC(=O)[C@H]3CC(C)C)cc2)cc1. The average molecular weight is 581 g/mol. The van der Waals surface area contributed by atoms with Crippen molar-refractivity contribution >= 4 is 17.6 Å². The van der Waals surface area contributed by atoms with Crippen molar-refractivity contribution in [2.75, 3.05) is 7.11 Å². The molecule has 1 fully saturated rings. The molecular weight excluding hydrogens is 536 g/mol. The highest BCUT2D eigenvalue weighted by atomic mass is 16.5. The second-order valence-corrected chi connectivity index (χ2v) is 13.8. The maximum absolute atomic E-state index is 14.6. The summed E-state index contributed by atoms with van der Waals surface area (Å²) in [5.41, 5.74) is 4.92. The molecule has 1 saturated heterocycles. The Bertz CT molecular complexity index is 1440. The topological polar surface area (TPSA) is 75.7 Å². The van der Waals surface area contributed by atoms with Crippen molar-refractivity contribution in [3.63, 3.8) is 0 Å². The zero-order valence-electron chi connectivity index (χ0n) is 26.2. The van der Waals surface area contributed by atoms with Gasteiger partial charge in [-0.25, -0.2) is 0 Å². The van der Waals surface area contributed by atoms with Crippen LogP contribution >= 0.6 is 0 Å². The van der Waals surface area contributed by atoms with Gasteiger partial charge in [-0.2, -0.15) is 0 Å². The van der Waals surface area contributed by atoms with E-state index in [0.29, 0.717) is 6.42 Å². The molecule has 2 amide bonds. The fraction of sp³-hybridized carbons (Fsp3) is 0.432. The number of ketones is 1. The summed E-state index contributed by atoms with van der Waals surface area (Å²) in [6, 6.07) is 21.7. The molecule has 3 atom stereocenters. The van der Waals surface area contributed by atoms with Crippen LogP contribution in [-0.2, 0) is 27.2 Å². The minimum atomic E-state index is -0.849. The van der Waals surface area contributed by atoms with Crippen molar-refractivity contribution < 1.29 is 19.1 Å². The molecule has 2 aliphatic rings. The molecule has 0 aromatic heterocycles. The normalized spacial score (nSPS) is 19.7. The summed E-state index contributed by atoms with van der Waals surface area (Å²) in [5, 5.41) is 3.11. The monoisotopic (exact) mass is 580 g/mol. The van der Waals surface area contributed by atoms with Gasteiger partial charge in [-0.05, 0) is 76.5 Å². The first-order valence-electron chi connectivity index (χ1n) is 15.4. The minimum absolute atomic E-state index is 0.0463.